The second-order valence-electron chi connectivity index (χ2n) is 7.17. The first-order valence-electron chi connectivity index (χ1n) is 10.1. The average Bonchev–Trinajstić information content (AvgIpc) is 3.43. The van der Waals surface area contributed by atoms with E-state index in [1.807, 2.05) is 19.1 Å². The van der Waals surface area contributed by atoms with Gasteiger partial charge in [0.15, 0.2) is 5.96 Å². The number of hydrogen-bond donors (Lipinski definition) is 3. The van der Waals surface area contributed by atoms with Crippen LogP contribution in [0.4, 0.5) is 5.82 Å². The van der Waals surface area contributed by atoms with E-state index >= 15 is 0 Å². The largest absolute Gasteiger partial charge is 0.356 e. The van der Waals surface area contributed by atoms with Gasteiger partial charge in [-0.05, 0) is 55.9 Å². The molecule has 0 saturated carbocycles. The Balaban J connectivity index is 1.43. The molecule has 0 aromatic carbocycles. The van der Waals surface area contributed by atoms with Crippen LogP contribution in [-0.4, -0.2) is 55.0 Å². The van der Waals surface area contributed by atoms with E-state index in [1.54, 1.807) is 24.6 Å². The van der Waals surface area contributed by atoms with Gasteiger partial charge in [0.05, 0.1) is 6.04 Å². The van der Waals surface area contributed by atoms with Crippen LogP contribution in [0.3, 0.4) is 0 Å². The SMILES string of the molecule is CN=C(NCCC(=O)Nc1ccc(C)cn1)NCC(c1cccs1)N1CCCC1. The van der Waals surface area contributed by atoms with Gasteiger partial charge in [0.1, 0.15) is 5.82 Å². The fraction of sp³-hybridized carbons (Fsp3) is 0.476. The van der Waals surface area contributed by atoms with Crippen LogP contribution in [0.5, 0.6) is 0 Å². The van der Waals surface area contributed by atoms with E-state index in [-0.39, 0.29) is 5.91 Å². The van der Waals surface area contributed by atoms with Crippen LogP contribution in [0, 0.1) is 6.92 Å². The van der Waals surface area contributed by atoms with Crippen molar-refractivity contribution in [2.45, 2.75) is 32.2 Å². The lowest BCUT2D eigenvalue weighted by Gasteiger charge is -2.27. The normalized spacial score (nSPS) is 15.9. The fourth-order valence-electron chi connectivity index (χ4n) is 3.40. The van der Waals surface area contributed by atoms with Gasteiger partial charge in [0.2, 0.25) is 5.91 Å². The maximum atomic E-state index is 12.1. The summed E-state index contributed by atoms with van der Waals surface area (Å²) in [5.74, 6) is 1.22. The zero-order chi connectivity index (χ0) is 20.5. The highest BCUT2D eigenvalue weighted by molar-refractivity contribution is 7.10. The van der Waals surface area contributed by atoms with E-state index in [9.17, 15) is 4.79 Å². The Bertz CT molecular complexity index is 784. The van der Waals surface area contributed by atoms with Gasteiger partial charge in [-0.2, -0.15) is 0 Å². The molecule has 0 spiro atoms. The third kappa shape index (κ3) is 6.54. The van der Waals surface area contributed by atoms with E-state index in [0.29, 0.717) is 30.8 Å². The molecule has 1 aliphatic heterocycles. The van der Waals surface area contributed by atoms with Crippen LogP contribution < -0.4 is 16.0 Å². The Kier molecular flexibility index (Phi) is 8.01. The van der Waals surface area contributed by atoms with Crippen molar-refractivity contribution in [1.29, 1.82) is 0 Å². The maximum Gasteiger partial charge on any atom is 0.227 e. The summed E-state index contributed by atoms with van der Waals surface area (Å²) in [6.45, 7) is 5.55. The molecule has 2 aromatic rings. The van der Waals surface area contributed by atoms with Crippen molar-refractivity contribution >= 4 is 29.0 Å². The molecule has 1 atom stereocenters. The summed E-state index contributed by atoms with van der Waals surface area (Å²) in [7, 11) is 1.75. The van der Waals surface area contributed by atoms with E-state index in [2.05, 4.69) is 48.3 Å². The number of aliphatic imine (C=N–C) groups is 1. The zero-order valence-electron chi connectivity index (χ0n) is 17.1. The summed E-state index contributed by atoms with van der Waals surface area (Å²) < 4.78 is 0. The van der Waals surface area contributed by atoms with Crippen LogP contribution >= 0.6 is 11.3 Å². The second kappa shape index (κ2) is 10.9. The molecule has 3 rings (SSSR count). The maximum absolute atomic E-state index is 12.1. The highest BCUT2D eigenvalue weighted by Crippen LogP contribution is 2.27. The lowest BCUT2D eigenvalue weighted by molar-refractivity contribution is -0.116. The summed E-state index contributed by atoms with van der Waals surface area (Å²) in [6.07, 6.45) is 4.61. The number of hydrogen-bond acceptors (Lipinski definition) is 5. The number of carbonyl (C=O) groups is 1. The molecule has 1 unspecified atom stereocenters. The molecule has 7 nitrogen and oxygen atoms in total. The molecular weight excluding hydrogens is 384 g/mol. The molecule has 8 heteroatoms. The quantitative estimate of drug-likeness (QED) is 0.457. The third-order valence-corrected chi connectivity index (χ3v) is 5.94. The Hall–Kier alpha value is -2.45. The fourth-order valence-corrected chi connectivity index (χ4v) is 4.26. The minimum atomic E-state index is -0.0714. The smallest absolute Gasteiger partial charge is 0.227 e. The first kappa shape index (κ1) is 21.3. The van der Waals surface area contributed by atoms with Crippen LogP contribution in [0.15, 0.2) is 40.8 Å². The van der Waals surface area contributed by atoms with Gasteiger partial charge in [-0.3, -0.25) is 14.7 Å². The molecule has 1 aliphatic rings. The van der Waals surface area contributed by atoms with E-state index in [0.717, 1.165) is 25.2 Å². The van der Waals surface area contributed by atoms with Crippen LogP contribution in [0.2, 0.25) is 0 Å². The lowest BCUT2D eigenvalue weighted by atomic mass is 10.2. The molecule has 0 radical (unpaired) electrons. The van der Waals surface area contributed by atoms with Crippen molar-refractivity contribution in [1.82, 2.24) is 20.5 Å². The Morgan fingerprint density at radius 2 is 2.10 bits per heavy atom. The van der Waals surface area contributed by atoms with Crippen molar-refractivity contribution in [3.8, 4) is 0 Å². The number of rotatable bonds is 8. The molecule has 2 aromatic heterocycles. The number of anilines is 1. The molecule has 156 valence electrons. The summed E-state index contributed by atoms with van der Waals surface area (Å²) in [5.41, 5.74) is 1.06. The van der Waals surface area contributed by atoms with Gasteiger partial charge in [-0.1, -0.05) is 12.1 Å². The molecule has 1 saturated heterocycles. The zero-order valence-corrected chi connectivity index (χ0v) is 18.0. The van der Waals surface area contributed by atoms with E-state index in [4.69, 9.17) is 0 Å². The highest BCUT2D eigenvalue weighted by Gasteiger charge is 2.24. The van der Waals surface area contributed by atoms with Crippen LogP contribution in [0.25, 0.3) is 0 Å². The number of guanidine groups is 1. The highest BCUT2D eigenvalue weighted by atomic mass is 32.1. The molecule has 3 heterocycles. The van der Waals surface area contributed by atoms with E-state index in [1.165, 1.54) is 17.7 Å². The van der Waals surface area contributed by atoms with E-state index < -0.39 is 0 Å². The lowest BCUT2D eigenvalue weighted by Crippen LogP contribution is -2.43. The molecular formula is C21H30N6OS. The second-order valence-corrected chi connectivity index (χ2v) is 8.15. The first-order valence-corrected chi connectivity index (χ1v) is 11.0. The monoisotopic (exact) mass is 414 g/mol. The number of amides is 1. The topological polar surface area (TPSA) is 81.6 Å². The predicted octanol–water partition coefficient (Wildman–Crippen LogP) is 2.78. The predicted molar refractivity (Wildman–Crippen MR) is 119 cm³/mol. The molecule has 0 bridgehead atoms. The number of carbonyl (C=O) groups excluding carboxylic acids is 1. The third-order valence-electron chi connectivity index (χ3n) is 4.96. The number of nitrogens with one attached hydrogen (secondary N) is 3. The summed E-state index contributed by atoms with van der Waals surface area (Å²) >= 11 is 1.80. The molecule has 1 fully saturated rings. The van der Waals surface area contributed by atoms with Gasteiger partial charge in [-0.15, -0.1) is 11.3 Å². The number of pyridine rings is 1. The van der Waals surface area contributed by atoms with Crippen molar-refractivity contribution in [3.63, 3.8) is 0 Å². The molecule has 29 heavy (non-hydrogen) atoms. The standard InChI is InChI=1S/C21H30N6OS/c1-16-7-8-19(24-14-16)26-20(28)9-10-23-21(22-2)25-15-17(18-6-5-13-29-18)27-11-3-4-12-27/h5-8,13-14,17H,3-4,9-12,15H2,1-2H3,(H2,22,23,25)(H,24,26,28). The van der Waals surface area contributed by atoms with Gasteiger partial charge in [0, 0.05) is 37.6 Å². The number of nitrogens with zero attached hydrogens (tertiary/aromatic N) is 3. The van der Waals surface area contributed by atoms with Gasteiger partial charge in [-0.25, -0.2) is 4.98 Å². The average molecular weight is 415 g/mol. The molecule has 0 aliphatic carbocycles. The van der Waals surface area contributed by atoms with Gasteiger partial charge in [0.25, 0.3) is 0 Å². The molecule has 3 N–H and O–H groups in total. The molecule has 1 amide bonds. The number of aryl methyl sites for hydroxylation is 1. The number of likely N-dealkylation sites (tertiary alicyclic amines) is 1. The van der Waals surface area contributed by atoms with Crippen LogP contribution in [-0.2, 0) is 4.79 Å². The summed E-state index contributed by atoms with van der Waals surface area (Å²) in [5, 5.41) is 11.6. The summed E-state index contributed by atoms with van der Waals surface area (Å²) in [4.78, 5) is 24.5. The first-order chi connectivity index (χ1) is 14.2. The number of aromatic nitrogens is 1. The van der Waals surface area contributed by atoms with Crippen molar-refractivity contribution in [3.05, 3.63) is 46.3 Å². The Labute approximate surface area is 176 Å². The minimum absolute atomic E-state index is 0.0714. The van der Waals surface area contributed by atoms with Gasteiger partial charge >= 0.3 is 0 Å². The van der Waals surface area contributed by atoms with Gasteiger partial charge < -0.3 is 16.0 Å². The van der Waals surface area contributed by atoms with Crippen molar-refractivity contribution in [2.75, 3.05) is 38.5 Å². The Morgan fingerprint density at radius 1 is 1.28 bits per heavy atom. The van der Waals surface area contributed by atoms with Crippen LogP contribution in [0.1, 0.15) is 35.7 Å². The number of thiophene rings is 1. The van der Waals surface area contributed by atoms with Crippen molar-refractivity contribution in [2.24, 2.45) is 4.99 Å². The Morgan fingerprint density at radius 3 is 2.76 bits per heavy atom. The van der Waals surface area contributed by atoms with Crippen molar-refractivity contribution < 1.29 is 4.79 Å². The summed E-state index contributed by atoms with van der Waals surface area (Å²) in [6, 6.07) is 8.40. The minimum Gasteiger partial charge on any atom is -0.356 e.